The zero-order valence-corrected chi connectivity index (χ0v) is 23.3. The second-order valence-electron chi connectivity index (χ2n) is 11.0. The lowest BCUT2D eigenvalue weighted by Gasteiger charge is -2.35. The summed E-state index contributed by atoms with van der Waals surface area (Å²) in [6.45, 7) is 14.9. The molecule has 0 rings (SSSR count). The molecule has 0 N–H and O–H groups in total. The van der Waals surface area contributed by atoms with Crippen LogP contribution in [-0.2, 0) is 0 Å². The van der Waals surface area contributed by atoms with Gasteiger partial charge in [-0.05, 0) is 31.3 Å². The second-order valence-corrected chi connectivity index (χ2v) is 11.0. The van der Waals surface area contributed by atoms with Crippen LogP contribution in [0.1, 0.15) is 156 Å². The lowest BCUT2D eigenvalue weighted by Crippen LogP contribution is -2.46. The van der Waals surface area contributed by atoms with Gasteiger partial charge in [-0.15, -0.1) is 0 Å². The third kappa shape index (κ3) is 20.3. The van der Waals surface area contributed by atoms with E-state index in [2.05, 4.69) is 40.5 Å². The van der Waals surface area contributed by atoms with Gasteiger partial charge in [0.1, 0.15) is 0 Å². The third-order valence-corrected chi connectivity index (χ3v) is 7.74. The van der Waals surface area contributed by atoms with Crippen molar-refractivity contribution in [2.45, 2.75) is 156 Å². The third-order valence-electron chi connectivity index (χ3n) is 7.74. The largest absolute Gasteiger partial charge is 0.323 e. The van der Waals surface area contributed by atoms with Crippen molar-refractivity contribution in [2.24, 2.45) is 5.92 Å². The van der Waals surface area contributed by atoms with Crippen molar-refractivity contribution in [3.63, 3.8) is 0 Å². The van der Waals surface area contributed by atoms with E-state index in [0.29, 0.717) is 0 Å². The molecule has 0 fully saturated rings. The first-order chi connectivity index (χ1) is 15.6. The highest BCUT2D eigenvalue weighted by Gasteiger charge is 2.21. The van der Waals surface area contributed by atoms with Crippen LogP contribution in [-0.4, -0.2) is 31.2 Å². The van der Waals surface area contributed by atoms with E-state index in [1.807, 2.05) is 0 Å². The van der Waals surface area contributed by atoms with Crippen molar-refractivity contribution < 1.29 is 4.48 Å². The Bertz CT molecular complexity index is 377. The molecular formula is C31H64N+. The van der Waals surface area contributed by atoms with Crippen LogP contribution >= 0.6 is 0 Å². The Morgan fingerprint density at radius 2 is 1.00 bits per heavy atom. The van der Waals surface area contributed by atoms with Crippen LogP contribution in [0.15, 0.2) is 12.7 Å². The molecule has 0 saturated heterocycles. The highest BCUT2D eigenvalue weighted by atomic mass is 15.3. The van der Waals surface area contributed by atoms with Crippen molar-refractivity contribution in [3.05, 3.63) is 12.7 Å². The Labute approximate surface area is 205 Å². The van der Waals surface area contributed by atoms with E-state index < -0.39 is 0 Å². The van der Waals surface area contributed by atoms with Crippen LogP contribution in [0, 0.1) is 5.92 Å². The molecule has 2 unspecified atom stereocenters. The maximum absolute atomic E-state index is 4.05. The standard InChI is InChI=1S/C31H64N/c1-6-10-12-13-14-15-16-17-18-19-20-21-22-23-24-25-29-32(5,28-8-3)30-27-31(9-4)26-11-7-2/h8,31H,3,6-7,9-30H2,1-2,4-5H3/q+1. The Morgan fingerprint density at radius 3 is 1.41 bits per heavy atom. The normalized spacial score (nSPS) is 14.4. The van der Waals surface area contributed by atoms with Crippen LogP contribution in [0.2, 0.25) is 0 Å². The van der Waals surface area contributed by atoms with Crippen LogP contribution in [0.25, 0.3) is 0 Å². The number of unbranched alkanes of at least 4 members (excludes halogenated alkanes) is 16. The zero-order chi connectivity index (χ0) is 23.8. The molecule has 0 radical (unpaired) electrons. The molecule has 0 aromatic heterocycles. The van der Waals surface area contributed by atoms with Crippen LogP contribution in [0.4, 0.5) is 0 Å². The van der Waals surface area contributed by atoms with E-state index in [9.17, 15) is 0 Å². The summed E-state index contributed by atoms with van der Waals surface area (Å²) in [6.07, 6.45) is 32.3. The van der Waals surface area contributed by atoms with E-state index in [1.165, 1.54) is 152 Å². The zero-order valence-electron chi connectivity index (χ0n) is 23.3. The molecule has 0 spiro atoms. The smallest absolute Gasteiger partial charge is 0.0969 e. The number of hydrogen-bond donors (Lipinski definition) is 0. The Hall–Kier alpha value is -0.300. The van der Waals surface area contributed by atoms with Gasteiger partial charge in [0.05, 0.1) is 26.7 Å². The number of rotatable bonds is 26. The topological polar surface area (TPSA) is 0 Å². The van der Waals surface area contributed by atoms with E-state index >= 15 is 0 Å². The van der Waals surface area contributed by atoms with E-state index in [4.69, 9.17) is 0 Å². The average molecular weight is 451 g/mol. The average Bonchev–Trinajstić information content (AvgIpc) is 2.79. The van der Waals surface area contributed by atoms with Gasteiger partial charge in [0, 0.05) is 0 Å². The minimum atomic E-state index is 0.933. The van der Waals surface area contributed by atoms with Crippen molar-refractivity contribution in [2.75, 3.05) is 26.7 Å². The van der Waals surface area contributed by atoms with E-state index in [-0.39, 0.29) is 0 Å². The van der Waals surface area contributed by atoms with Gasteiger partial charge in [-0.25, -0.2) is 0 Å². The van der Waals surface area contributed by atoms with Crippen molar-refractivity contribution >= 4 is 0 Å². The fraction of sp³-hybridized carbons (Fsp3) is 0.935. The molecule has 192 valence electrons. The Balaban J connectivity index is 3.64. The monoisotopic (exact) mass is 451 g/mol. The molecule has 0 heterocycles. The lowest BCUT2D eigenvalue weighted by molar-refractivity contribution is -0.904. The van der Waals surface area contributed by atoms with Crippen LogP contribution in [0.3, 0.4) is 0 Å². The minimum Gasteiger partial charge on any atom is -0.323 e. The SMILES string of the molecule is C=CC[N+](C)(CCCCCCCCCCCCCCCCCC)CCC(CC)CCCC. The van der Waals surface area contributed by atoms with Gasteiger partial charge in [0.2, 0.25) is 0 Å². The highest BCUT2D eigenvalue weighted by molar-refractivity contribution is 4.67. The lowest BCUT2D eigenvalue weighted by atomic mass is 9.95. The van der Waals surface area contributed by atoms with Crippen molar-refractivity contribution in [1.82, 2.24) is 0 Å². The predicted octanol–water partition coefficient (Wildman–Crippen LogP) is 10.5. The van der Waals surface area contributed by atoms with Gasteiger partial charge in [0.25, 0.3) is 0 Å². The van der Waals surface area contributed by atoms with E-state index in [1.54, 1.807) is 0 Å². The number of nitrogens with zero attached hydrogens (tertiary/aromatic N) is 1. The van der Waals surface area contributed by atoms with Crippen LogP contribution < -0.4 is 0 Å². The molecule has 0 bridgehead atoms. The van der Waals surface area contributed by atoms with Gasteiger partial charge >= 0.3 is 0 Å². The van der Waals surface area contributed by atoms with Gasteiger partial charge in [-0.2, -0.15) is 0 Å². The molecule has 1 nitrogen and oxygen atoms in total. The Morgan fingerprint density at radius 1 is 0.562 bits per heavy atom. The summed E-state index contributed by atoms with van der Waals surface area (Å²) in [5.74, 6) is 0.933. The summed E-state index contributed by atoms with van der Waals surface area (Å²) in [5, 5.41) is 0. The summed E-state index contributed by atoms with van der Waals surface area (Å²) in [5.41, 5.74) is 0. The molecule has 0 aliphatic carbocycles. The van der Waals surface area contributed by atoms with Gasteiger partial charge in [-0.3, -0.25) is 0 Å². The molecule has 0 aliphatic heterocycles. The molecule has 0 amide bonds. The fourth-order valence-corrected chi connectivity index (χ4v) is 5.19. The molecule has 0 saturated carbocycles. The molecule has 0 aromatic carbocycles. The number of quaternary nitrogens is 1. The second kappa shape index (κ2) is 23.8. The summed E-state index contributed by atoms with van der Waals surface area (Å²) in [7, 11) is 2.47. The maximum atomic E-state index is 4.05. The first-order valence-electron chi connectivity index (χ1n) is 15.1. The van der Waals surface area contributed by atoms with E-state index in [0.717, 1.165) is 12.5 Å². The number of likely N-dealkylation sites (N-methyl/N-ethyl adjacent to an activating group) is 1. The van der Waals surface area contributed by atoms with Crippen molar-refractivity contribution in [3.8, 4) is 0 Å². The molecular weight excluding hydrogens is 386 g/mol. The molecule has 0 aliphatic rings. The maximum Gasteiger partial charge on any atom is 0.0969 e. The summed E-state index contributed by atoms with van der Waals surface area (Å²) in [6, 6.07) is 0. The van der Waals surface area contributed by atoms with Gasteiger partial charge < -0.3 is 4.48 Å². The molecule has 0 aromatic rings. The highest BCUT2D eigenvalue weighted by Crippen LogP contribution is 2.20. The summed E-state index contributed by atoms with van der Waals surface area (Å²) < 4.78 is 1.21. The Kier molecular flexibility index (Phi) is 23.6. The summed E-state index contributed by atoms with van der Waals surface area (Å²) in [4.78, 5) is 0. The fourth-order valence-electron chi connectivity index (χ4n) is 5.19. The minimum absolute atomic E-state index is 0.933. The molecule has 2 atom stereocenters. The van der Waals surface area contributed by atoms with Crippen molar-refractivity contribution in [1.29, 1.82) is 0 Å². The number of hydrogen-bond acceptors (Lipinski definition) is 0. The van der Waals surface area contributed by atoms with Gasteiger partial charge in [0.15, 0.2) is 0 Å². The first kappa shape index (κ1) is 31.7. The quantitative estimate of drug-likeness (QED) is 0.0698. The van der Waals surface area contributed by atoms with Crippen LogP contribution in [0.5, 0.6) is 0 Å². The van der Waals surface area contributed by atoms with Gasteiger partial charge in [-0.1, -0.05) is 143 Å². The molecule has 1 heteroatoms. The molecule has 32 heavy (non-hydrogen) atoms. The predicted molar refractivity (Wildman–Crippen MR) is 148 cm³/mol. The summed E-state index contributed by atoms with van der Waals surface area (Å²) >= 11 is 0. The first-order valence-corrected chi connectivity index (χ1v) is 15.1.